The Morgan fingerprint density at radius 1 is 1.21 bits per heavy atom. The molecule has 0 spiro atoms. The molecular formula is C19H22FN3O5. The molecule has 1 saturated carbocycles. The summed E-state index contributed by atoms with van der Waals surface area (Å²) in [6, 6.07) is 2.58. The van der Waals surface area contributed by atoms with E-state index in [1.165, 1.54) is 11.0 Å². The normalized spacial score (nSPS) is 26.2. The van der Waals surface area contributed by atoms with Gasteiger partial charge in [-0.1, -0.05) is 0 Å². The number of anilines is 2. The zero-order chi connectivity index (χ0) is 19.3. The fourth-order valence-corrected chi connectivity index (χ4v) is 3.95. The Balaban J connectivity index is 1.35. The summed E-state index contributed by atoms with van der Waals surface area (Å²) in [4.78, 5) is 27.7. The van der Waals surface area contributed by atoms with Gasteiger partial charge in [-0.15, -0.1) is 0 Å². The van der Waals surface area contributed by atoms with Gasteiger partial charge in [0.25, 0.3) is 0 Å². The summed E-state index contributed by atoms with van der Waals surface area (Å²) in [6.07, 6.45) is 0.754. The van der Waals surface area contributed by atoms with E-state index in [2.05, 4.69) is 5.32 Å². The van der Waals surface area contributed by atoms with Crippen LogP contribution in [0.5, 0.6) is 5.75 Å². The number of nitrogens with one attached hydrogen (secondary N) is 1. The van der Waals surface area contributed by atoms with E-state index in [9.17, 15) is 14.0 Å². The molecule has 3 aliphatic heterocycles. The molecule has 9 heteroatoms. The van der Waals surface area contributed by atoms with E-state index >= 15 is 0 Å². The van der Waals surface area contributed by atoms with Crippen molar-refractivity contribution < 1.29 is 28.2 Å². The predicted molar refractivity (Wildman–Crippen MR) is 97.2 cm³/mol. The summed E-state index contributed by atoms with van der Waals surface area (Å²) in [5.41, 5.74) is 0.813. The minimum absolute atomic E-state index is 0.00664. The second-order valence-corrected chi connectivity index (χ2v) is 7.56. The molecule has 8 nitrogen and oxygen atoms in total. The number of rotatable bonds is 4. The van der Waals surface area contributed by atoms with Gasteiger partial charge in [0, 0.05) is 31.1 Å². The maximum Gasteiger partial charge on any atom is 0.415 e. The van der Waals surface area contributed by atoms with Crippen LogP contribution in [0.1, 0.15) is 12.8 Å². The van der Waals surface area contributed by atoms with Gasteiger partial charge >= 0.3 is 6.09 Å². The van der Waals surface area contributed by atoms with Gasteiger partial charge in [-0.05, 0) is 12.8 Å². The van der Waals surface area contributed by atoms with E-state index in [0.717, 1.165) is 12.8 Å². The van der Waals surface area contributed by atoms with Crippen LogP contribution in [-0.2, 0) is 14.3 Å². The van der Waals surface area contributed by atoms with Crippen LogP contribution in [0.25, 0.3) is 0 Å². The number of cyclic esters (lactones) is 1. The van der Waals surface area contributed by atoms with Crippen molar-refractivity contribution in [3.63, 3.8) is 0 Å². The molecule has 5 rings (SSSR count). The number of carbonyl (C=O) groups excluding carboxylic acids is 2. The molecule has 2 saturated heterocycles. The summed E-state index contributed by atoms with van der Waals surface area (Å²) >= 11 is 0. The van der Waals surface area contributed by atoms with Crippen molar-refractivity contribution in [3.8, 4) is 5.75 Å². The number of nitrogens with zero attached hydrogens (tertiary/aromatic N) is 2. The number of hydrogen-bond donors (Lipinski definition) is 1. The van der Waals surface area contributed by atoms with Gasteiger partial charge in [0.1, 0.15) is 30.3 Å². The van der Waals surface area contributed by atoms with Crippen LogP contribution in [0.4, 0.5) is 20.6 Å². The number of ether oxygens (including phenoxy) is 3. The van der Waals surface area contributed by atoms with Crippen LogP contribution >= 0.6 is 0 Å². The third-order valence-corrected chi connectivity index (χ3v) is 5.68. The number of carbonyl (C=O) groups is 2. The Kier molecular flexibility index (Phi) is 4.26. The summed E-state index contributed by atoms with van der Waals surface area (Å²) in [5.74, 6) is 0.124. The van der Waals surface area contributed by atoms with Gasteiger partial charge in [-0.2, -0.15) is 0 Å². The van der Waals surface area contributed by atoms with Gasteiger partial charge in [0.2, 0.25) is 5.91 Å². The number of benzene rings is 1. The highest BCUT2D eigenvalue weighted by atomic mass is 19.1. The zero-order valence-electron chi connectivity index (χ0n) is 15.4. The minimum Gasteiger partial charge on any atom is -0.489 e. The molecule has 3 fully saturated rings. The molecule has 2 amide bonds. The SMILES string of the molecule is O=C(NC[C@@H]1OC(=O)N2c3cc(F)c(N4CCOCC4)cc3OC[C@@H]12)C1CC1. The Bertz CT molecular complexity index is 809. The van der Waals surface area contributed by atoms with E-state index in [0.29, 0.717) is 43.4 Å². The molecule has 1 aromatic rings. The van der Waals surface area contributed by atoms with Crippen LogP contribution in [0.15, 0.2) is 12.1 Å². The third-order valence-electron chi connectivity index (χ3n) is 5.68. The highest BCUT2D eigenvalue weighted by molar-refractivity contribution is 5.94. The minimum atomic E-state index is -0.543. The number of amides is 2. The Hall–Kier alpha value is -2.55. The van der Waals surface area contributed by atoms with Crippen LogP contribution in [0.2, 0.25) is 0 Å². The first-order valence-electron chi connectivity index (χ1n) is 9.68. The van der Waals surface area contributed by atoms with Gasteiger partial charge in [-0.25, -0.2) is 9.18 Å². The molecule has 150 valence electrons. The summed E-state index contributed by atoms with van der Waals surface area (Å²) in [5, 5.41) is 2.84. The van der Waals surface area contributed by atoms with Crippen molar-refractivity contribution >= 4 is 23.4 Å². The molecule has 2 atom stereocenters. The maximum absolute atomic E-state index is 14.8. The highest BCUT2D eigenvalue weighted by Crippen LogP contribution is 2.42. The van der Waals surface area contributed by atoms with E-state index in [-0.39, 0.29) is 25.0 Å². The Morgan fingerprint density at radius 2 is 2.00 bits per heavy atom. The van der Waals surface area contributed by atoms with Crippen LogP contribution in [0.3, 0.4) is 0 Å². The van der Waals surface area contributed by atoms with E-state index in [4.69, 9.17) is 14.2 Å². The lowest BCUT2D eigenvalue weighted by Crippen LogP contribution is -2.48. The molecule has 4 aliphatic rings. The van der Waals surface area contributed by atoms with Gasteiger partial charge in [0.15, 0.2) is 0 Å². The predicted octanol–water partition coefficient (Wildman–Crippen LogP) is 1.27. The molecule has 28 heavy (non-hydrogen) atoms. The average Bonchev–Trinajstić information content (AvgIpc) is 3.51. The molecule has 0 bridgehead atoms. The first-order valence-corrected chi connectivity index (χ1v) is 9.68. The van der Waals surface area contributed by atoms with Gasteiger partial charge in [0.05, 0.1) is 31.1 Å². The first-order chi connectivity index (χ1) is 13.6. The Morgan fingerprint density at radius 3 is 2.75 bits per heavy atom. The number of halogens is 1. The largest absolute Gasteiger partial charge is 0.489 e. The zero-order valence-corrected chi connectivity index (χ0v) is 15.4. The van der Waals surface area contributed by atoms with Crippen molar-refractivity contribution in [2.45, 2.75) is 25.0 Å². The lowest BCUT2D eigenvalue weighted by atomic mass is 10.1. The number of fused-ring (bicyclic) bond motifs is 3. The average molecular weight is 391 g/mol. The summed E-state index contributed by atoms with van der Waals surface area (Å²) in [6.45, 7) is 2.77. The number of hydrogen-bond acceptors (Lipinski definition) is 6. The van der Waals surface area contributed by atoms with Gasteiger partial charge in [-0.3, -0.25) is 9.69 Å². The molecule has 1 aliphatic carbocycles. The topological polar surface area (TPSA) is 80.3 Å². The van der Waals surface area contributed by atoms with Crippen molar-refractivity contribution in [1.82, 2.24) is 5.32 Å². The van der Waals surface area contributed by atoms with E-state index in [1.54, 1.807) is 6.07 Å². The molecule has 1 N–H and O–H groups in total. The van der Waals surface area contributed by atoms with Crippen molar-refractivity contribution in [2.75, 3.05) is 49.3 Å². The smallest absolute Gasteiger partial charge is 0.415 e. The third kappa shape index (κ3) is 3.03. The molecular weight excluding hydrogens is 369 g/mol. The molecule has 0 unspecified atom stereocenters. The van der Waals surface area contributed by atoms with Crippen LogP contribution < -0.4 is 19.9 Å². The monoisotopic (exact) mass is 391 g/mol. The van der Waals surface area contributed by atoms with Crippen LogP contribution in [-0.4, -0.2) is 63.6 Å². The molecule has 1 aromatic carbocycles. The van der Waals surface area contributed by atoms with E-state index < -0.39 is 24.1 Å². The van der Waals surface area contributed by atoms with Gasteiger partial charge < -0.3 is 24.4 Å². The van der Waals surface area contributed by atoms with Crippen molar-refractivity contribution in [3.05, 3.63) is 17.9 Å². The molecule has 3 heterocycles. The maximum atomic E-state index is 14.8. The fraction of sp³-hybridized carbons (Fsp3) is 0.579. The number of morpholine rings is 1. The molecule has 0 radical (unpaired) electrons. The Labute approximate surface area is 161 Å². The fourth-order valence-electron chi connectivity index (χ4n) is 3.95. The molecule has 0 aromatic heterocycles. The van der Waals surface area contributed by atoms with Crippen molar-refractivity contribution in [2.24, 2.45) is 5.92 Å². The van der Waals surface area contributed by atoms with Crippen molar-refractivity contribution in [1.29, 1.82) is 0 Å². The standard InChI is InChI=1S/C19H22FN3O5/c20-12-7-14-16(8-13(12)22-3-5-26-6-4-22)27-10-15-17(28-19(25)23(14)15)9-21-18(24)11-1-2-11/h7-8,11,15,17H,1-6,9-10H2,(H,21,24)/t15-,17-/m0/s1. The second-order valence-electron chi connectivity index (χ2n) is 7.56. The summed E-state index contributed by atoms with van der Waals surface area (Å²) in [7, 11) is 0. The lowest BCUT2D eigenvalue weighted by molar-refractivity contribution is -0.122. The van der Waals surface area contributed by atoms with Crippen LogP contribution in [0, 0.1) is 11.7 Å². The summed E-state index contributed by atoms with van der Waals surface area (Å²) < 4.78 is 31.4. The van der Waals surface area contributed by atoms with E-state index in [1.807, 2.05) is 4.90 Å². The first kappa shape index (κ1) is 17.5. The lowest BCUT2D eigenvalue weighted by Gasteiger charge is -2.34. The highest BCUT2D eigenvalue weighted by Gasteiger charge is 2.47. The second kappa shape index (κ2) is 6.80. The quantitative estimate of drug-likeness (QED) is 0.833.